The summed E-state index contributed by atoms with van der Waals surface area (Å²) < 4.78 is 26.0. The van der Waals surface area contributed by atoms with Crippen molar-refractivity contribution >= 4 is 11.5 Å². The van der Waals surface area contributed by atoms with Crippen LogP contribution >= 0.6 is 0 Å². The molecule has 0 aromatic heterocycles. The summed E-state index contributed by atoms with van der Waals surface area (Å²) >= 11 is 0. The van der Waals surface area contributed by atoms with Gasteiger partial charge in [-0.25, -0.2) is 8.78 Å². The Morgan fingerprint density at radius 3 is 2.15 bits per heavy atom. The van der Waals surface area contributed by atoms with Crippen molar-refractivity contribution in [1.29, 1.82) is 5.41 Å². The van der Waals surface area contributed by atoms with Gasteiger partial charge in [0.2, 0.25) is 0 Å². The number of nitrogens with one attached hydrogen (secondary N) is 2. The molecule has 0 aliphatic rings. The maximum absolute atomic E-state index is 13.0. The van der Waals surface area contributed by atoms with Crippen LogP contribution in [0.5, 0.6) is 0 Å². The number of nitrogens with two attached hydrogens (primary N) is 1. The van der Waals surface area contributed by atoms with Crippen molar-refractivity contribution in [3.05, 3.63) is 29.3 Å². The van der Waals surface area contributed by atoms with E-state index in [4.69, 9.17) is 11.1 Å². The van der Waals surface area contributed by atoms with Crippen LogP contribution in [0.4, 0.5) is 14.5 Å². The lowest BCUT2D eigenvalue weighted by Gasteiger charge is -2.05. The van der Waals surface area contributed by atoms with Gasteiger partial charge in [0.15, 0.2) is 0 Å². The van der Waals surface area contributed by atoms with Crippen molar-refractivity contribution in [3.8, 4) is 0 Å². The van der Waals surface area contributed by atoms with E-state index in [1.807, 2.05) is 0 Å². The minimum absolute atomic E-state index is 0.0361. The molecule has 0 radical (unpaired) electrons. The van der Waals surface area contributed by atoms with Crippen LogP contribution in [-0.4, -0.2) is 12.9 Å². The first-order valence-electron chi connectivity index (χ1n) is 3.57. The largest absolute Gasteiger partial charge is 0.384 e. The molecule has 0 heterocycles. The fourth-order valence-electron chi connectivity index (χ4n) is 0.967. The Balaban J connectivity index is 3.28. The SMILES string of the molecule is CNc1c(F)cc(C(=N)N)cc1F. The van der Waals surface area contributed by atoms with Gasteiger partial charge in [-0.3, -0.25) is 5.41 Å². The molecule has 0 atom stereocenters. The van der Waals surface area contributed by atoms with Crippen molar-refractivity contribution < 1.29 is 8.78 Å². The zero-order chi connectivity index (χ0) is 10.0. The lowest BCUT2D eigenvalue weighted by molar-refractivity contribution is 0.589. The van der Waals surface area contributed by atoms with Crippen molar-refractivity contribution in [2.45, 2.75) is 0 Å². The second-order valence-corrected chi connectivity index (χ2v) is 2.48. The van der Waals surface area contributed by atoms with E-state index in [1.165, 1.54) is 7.05 Å². The van der Waals surface area contributed by atoms with Crippen LogP contribution in [0, 0.1) is 17.0 Å². The molecule has 13 heavy (non-hydrogen) atoms. The third-order valence-corrected chi connectivity index (χ3v) is 1.60. The van der Waals surface area contributed by atoms with Crippen molar-refractivity contribution in [2.24, 2.45) is 5.73 Å². The van der Waals surface area contributed by atoms with Crippen LogP contribution in [-0.2, 0) is 0 Å². The van der Waals surface area contributed by atoms with E-state index in [-0.39, 0.29) is 17.1 Å². The highest BCUT2D eigenvalue weighted by Gasteiger charge is 2.10. The average molecular weight is 185 g/mol. The number of hydrogen-bond acceptors (Lipinski definition) is 2. The number of nitrogen functional groups attached to an aromatic ring is 1. The van der Waals surface area contributed by atoms with Crippen molar-refractivity contribution in [3.63, 3.8) is 0 Å². The summed E-state index contributed by atoms with van der Waals surface area (Å²) in [6.07, 6.45) is 0. The Morgan fingerprint density at radius 2 is 1.85 bits per heavy atom. The van der Waals surface area contributed by atoms with E-state index >= 15 is 0 Å². The molecule has 4 N–H and O–H groups in total. The van der Waals surface area contributed by atoms with Gasteiger partial charge in [0.1, 0.15) is 23.2 Å². The minimum atomic E-state index is -0.757. The molecule has 0 amide bonds. The summed E-state index contributed by atoms with van der Waals surface area (Å²) in [7, 11) is 1.41. The van der Waals surface area contributed by atoms with E-state index in [9.17, 15) is 8.78 Å². The molecule has 0 spiro atoms. The molecule has 0 saturated carbocycles. The molecule has 0 fully saturated rings. The summed E-state index contributed by atoms with van der Waals surface area (Å²) in [5.41, 5.74) is 4.89. The zero-order valence-corrected chi connectivity index (χ0v) is 6.99. The maximum atomic E-state index is 13.0. The average Bonchev–Trinajstić information content (AvgIpc) is 2.03. The van der Waals surface area contributed by atoms with E-state index in [2.05, 4.69) is 5.32 Å². The summed E-state index contributed by atoms with van der Waals surface area (Å²) in [5, 5.41) is 9.35. The van der Waals surface area contributed by atoms with Crippen LogP contribution in [0.3, 0.4) is 0 Å². The predicted molar refractivity (Wildman–Crippen MR) is 46.9 cm³/mol. The molecule has 0 bridgehead atoms. The van der Waals surface area contributed by atoms with Crippen molar-refractivity contribution in [1.82, 2.24) is 0 Å². The van der Waals surface area contributed by atoms with Gasteiger partial charge in [0.05, 0.1) is 0 Å². The molecule has 70 valence electrons. The molecule has 3 nitrogen and oxygen atoms in total. The highest BCUT2D eigenvalue weighted by atomic mass is 19.1. The third-order valence-electron chi connectivity index (χ3n) is 1.60. The fraction of sp³-hybridized carbons (Fsp3) is 0.125. The Kier molecular flexibility index (Phi) is 2.46. The number of amidine groups is 1. The molecule has 1 aromatic rings. The molecule has 0 aliphatic heterocycles. The van der Waals surface area contributed by atoms with Gasteiger partial charge in [-0.2, -0.15) is 0 Å². The second kappa shape index (κ2) is 3.38. The molecular formula is C8H9F2N3. The number of halogens is 2. The van der Waals surface area contributed by atoms with Crippen LogP contribution in [0.1, 0.15) is 5.56 Å². The van der Waals surface area contributed by atoms with E-state index in [1.54, 1.807) is 0 Å². The lowest BCUT2D eigenvalue weighted by atomic mass is 10.1. The smallest absolute Gasteiger partial charge is 0.150 e. The van der Waals surface area contributed by atoms with E-state index in [0.29, 0.717) is 0 Å². The quantitative estimate of drug-likeness (QED) is 0.480. The first-order valence-corrected chi connectivity index (χ1v) is 3.57. The normalized spacial score (nSPS) is 9.77. The molecule has 1 rings (SSSR count). The minimum Gasteiger partial charge on any atom is -0.384 e. The van der Waals surface area contributed by atoms with Crippen LogP contribution in [0.25, 0.3) is 0 Å². The maximum Gasteiger partial charge on any atom is 0.150 e. The van der Waals surface area contributed by atoms with E-state index < -0.39 is 11.6 Å². The summed E-state index contributed by atoms with van der Waals surface area (Å²) in [4.78, 5) is 0. The Hall–Kier alpha value is -1.65. The highest BCUT2D eigenvalue weighted by molar-refractivity contribution is 5.95. The highest BCUT2D eigenvalue weighted by Crippen LogP contribution is 2.19. The molecule has 0 saturated heterocycles. The topological polar surface area (TPSA) is 61.9 Å². The number of rotatable bonds is 2. The van der Waals surface area contributed by atoms with Gasteiger partial charge in [-0.15, -0.1) is 0 Å². The lowest BCUT2D eigenvalue weighted by Crippen LogP contribution is -2.12. The first kappa shape index (κ1) is 9.44. The van der Waals surface area contributed by atoms with E-state index in [0.717, 1.165) is 12.1 Å². The number of hydrogen-bond donors (Lipinski definition) is 3. The fourth-order valence-corrected chi connectivity index (χ4v) is 0.967. The first-order chi connectivity index (χ1) is 6.06. The molecule has 0 unspecified atom stereocenters. The third kappa shape index (κ3) is 1.74. The molecule has 1 aromatic carbocycles. The summed E-state index contributed by atoms with van der Waals surface area (Å²) in [5.74, 6) is -1.87. The van der Waals surface area contributed by atoms with Gasteiger partial charge < -0.3 is 11.1 Å². The summed E-state index contributed by atoms with van der Waals surface area (Å²) in [6.45, 7) is 0. The van der Waals surface area contributed by atoms with Gasteiger partial charge in [0.25, 0.3) is 0 Å². The molecular weight excluding hydrogens is 176 g/mol. The number of anilines is 1. The van der Waals surface area contributed by atoms with Crippen LogP contribution in [0.15, 0.2) is 12.1 Å². The Morgan fingerprint density at radius 1 is 1.38 bits per heavy atom. The standard InChI is InChI=1S/C8H9F2N3/c1-13-7-5(9)2-4(8(11)12)3-6(7)10/h2-3,13H,1H3,(H3,11,12). The van der Waals surface area contributed by atoms with Crippen molar-refractivity contribution in [2.75, 3.05) is 12.4 Å². The Bertz CT molecular complexity index is 326. The Labute approximate surface area is 74.1 Å². The summed E-state index contributed by atoms with van der Waals surface area (Å²) in [6, 6.07) is 2.02. The van der Waals surface area contributed by atoms with Gasteiger partial charge >= 0.3 is 0 Å². The number of benzene rings is 1. The van der Waals surface area contributed by atoms with Gasteiger partial charge in [-0.1, -0.05) is 0 Å². The van der Waals surface area contributed by atoms with Crippen LogP contribution < -0.4 is 11.1 Å². The molecule has 5 heteroatoms. The molecule has 0 aliphatic carbocycles. The van der Waals surface area contributed by atoms with Crippen LogP contribution in [0.2, 0.25) is 0 Å². The predicted octanol–water partition coefficient (Wildman–Crippen LogP) is 1.29. The zero-order valence-electron chi connectivity index (χ0n) is 6.99. The second-order valence-electron chi connectivity index (χ2n) is 2.48. The van der Waals surface area contributed by atoms with Gasteiger partial charge in [-0.05, 0) is 12.1 Å². The monoisotopic (exact) mass is 185 g/mol. The van der Waals surface area contributed by atoms with Gasteiger partial charge in [0, 0.05) is 12.6 Å².